The second kappa shape index (κ2) is 5.98. The predicted molar refractivity (Wildman–Crippen MR) is 82.3 cm³/mol. The van der Waals surface area contributed by atoms with E-state index in [4.69, 9.17) is 0 Å². The lowest BCUT2D eigenvalue weighted by atomic mass is 9.99. The molecule has 1 saturated heterocycles. The summed E-state index contributed by atoms with van der Waals surface area (Å²) in [5.41, 5.74) is 2.33. The fourth-order valence-electron chi connectivity index (χ4n) is 3.46. The van der Waals surface area contributed by atoms with Crippen molar-refractivity contribution in [2.75, 3.05) is 24.5 Å². The Morgan fingerprint density at radius 2 is 2.00 bits per heavy atom. The SMILES string of the molecule is CC1Cc2ccccc2N1C(=O)CN1CCC(C=O)CC1. The van der Waals surface area contributed by atoms with Crippen molar-refractivity contribution in [1.29, 1.82) is 0 Å². The summed E-state index contributed by atoms with van der Waals surface area (Å²) in [4.78, 5) is 27.6. The Hall–Kier alpha value is -1.68. The zero-order valence-electron chi connectivity index (χ0n) is 12.5. The van der Waals surface area contributed by atoms with Gasteiger partial charge in [-0.15, -0.1) is 0 Å². The number of piperidine rings is 1. The van der Waals surface area contributed by atoms with Crippen molar-refractivity contribution in [3.8, 4) is 0 Å². The molecule has 1 amide bonds. The molecule has 0 saturated carbocycles. The first-order valence-electron chi connectivity index (χ1n) is 7.76. The standard InChI is InChI=1S/C17H22N2O2/c1-13-10-15-4-2-3-5-16(15)19(13)17(21)11-18-8-6-14(12-20)7-9-18/h2-5,12-14H,6-11H2,1H3. The van der Waals surface area contributed by atoms with Crippen LogP contribution in [0.5, 0.6) is 0 Å². The molecule has 2 heterocycles. The summed E-state index contributed by atoms with van der Waals surface area (Å²) >= 11 is 0. The van der Waals surface area contributed by atoms with Gasteiger partial charge in [0.1, 0.15) is 6.29 Å². The van der Waals surface area contributed by atoms with Crippen LogP contribution in [0.15, 0.2) is 24.3 Å². The van der Waals surface area contributed by atoms with E-state index in [0.717, 1.165) is 44.3 Å². The van der Waals surface area contributed by atoms with Crippen LogP contribution in [0.1, 0.15) is 25.3 Å². The number of carbonyl (C=O) groups excluding carboxylic acids is 2. The van der Waals surface area contributed by atoms with Crippen LogP contribution < -0.4 is 4.90 Å². The Labute approximate surface area is 125 Å². The van der Waals surface area contributed by atoms with Crippen molar-refractivity contribution in [1.82, 2.24) is 4.90 Å². The molecule has 2 aliphatic heterocycles. The number of hydrogen-bond donors (Lipinski definition) is 0. The summed E-state index contributed by atoms with van der Waals surface area (Å²) in [5.74, 6) is 0.361. The van der Waals surface area contributed by atoms with E-state index in [0.29, 0.717) is 6.54 Å². The molecule has 0 radical (unpaired) electrons. The lowest BCUT2D eigenvalue weighted by molar-refractivity contribution is -0.120. The van der Waals surface area contributed by atoms with E-state index in [2.05, 4.69) is 17.9 Å². The number of fused-ring (bicyclic) bond motifs is 1. The number of carbonyl (C=O) groups is 2. The number of rotatable bonds is 3. The molecule has 0 aromatic heterocycles. The van der Waals surface area contributed by atoms with E-state index in [9.17, 15) is 9.59 Å². The quantitative estimate of drug-likeness (QED) is 0.797. The largest absolute Gasteiger partial charge is 0.308 e. The fraction of sp³-hybridized carbons (Fsp3) is 0.529. The van der Waals surface area contributed by atoms with Crippen LogP contribution >= 0.6 is 0 Å². The first-order valence-corrected chi connectivity index (χ1v) is 7.76. The van der Waals surface area contributed by atoms with Gasteiger partial charge in [0, 0.05) is 17.6 Å². The molecule has 0 spiro atoms. The number of aldehydes is 1. The number of amides is 1. The zero-order chi connectivity index (χ0) is 14.8. The number of benzene rings is 1. The van der Waals surface area contributed by atoms with Crippen molar-refractivity contribution in [3.05, 3.63) is 29.8 Å². The predicted octanol–water partition coefficient (Wildman–Crippen LogP) is 1.88. The molecule has 4 heteroatoms. The highest BCUT2D eigenvalue weighted by molar-refractivity contribution is 5.97. The van der Waals surface area contributed by atoms with E-state index in [1.807, 2.05) is 23.1 Å². The van der Waals surface area contributed by atoms with E-state index >= 15 is 0 Å². The van der Waals surface area contributed by atoms with Gasteiger partial charge in [-0.3, -0.25) is 9.69 Å². The minimum absolute atomic E-state index is 0.178. The van der Waals surface area contributed by atoms with E-state index in [-0.39, 0.29) is 17.9 Å². The molecule has 0 bridgehead atoms. The van der Waals surface area contributed by atoms with Crippen molar-refractivity contribution >= 4 is 17.9 Å². The lowest BCUT2D eigenvalue weighted by Gasteiger charge is -2.31. The third kappa shape index (κ3) is 2.86. The number of nitrogens with zero attached hydrogens (tertiary/aromatic N) is 2. The molecule has 2 aliphatic rings. The molecule has 112 valence electrons. The molecule has 4 nitrogen and oxygen atoms in total. The van der Waals surface area contributed by atoms with Gasteiger partial charge in [0.2, 0.25) is 5.91 Å². The molecule has 0 N–H and O–H groups in total. The molecular weight excluding hydrogens is 264 g/mol. The minimum atomic E-state index is 0.178. The Morgan fingerprint density at radius 1 is 1.29 bits per heavy atom. The molecule has 1 unspecified atom stereocenters. The first-order chi connectivity index (χ1) is 10.2. The normalized spacial score (nSPS) is 23.1. The lowest BCUT2D eigenvalue weighted by Crippen LogP contribution is -2.45. The number of hydrogen-bond acceptors (Lipinski definition) is 3. The van der Waals surface area contributed by atoms with Crippen LogP contribution in [-0.4, -0.2) is 42.8 Å². The summed E-state index contributed by atoms with van der Waals surface area (Å²) < 4.78 is 0. The summed E-state index contributed by atoms with van der Waals surface area (Å²) in [6.45, 7) is 4.26. The van der Waals surface area contributed by atoms with Gasteiger partial charge in [0.05, 0.1) is 6.54 Å². The van der Waals surface area contributed by atoms with Crippen LogP contribution in [0.25, 0.3) is 0 Å². The monoisotopic (exact) mass is 286 g/mol. The molecule has 1 aromatic rings. The minimum Gasteiger partial charge on any atom is -0.308 e. The highest BCUT2D eigenvalue weighted by atomic mass is 16.2. The van der Waals surface area contributed by atoms with Crippen LogP contribution in [0, 0.1) is 5.92 Å². The molecule has 3 rings (SSSR count). The van der Waals surface area contributed by atoms with Crippen LogP contribution in [0.2, 0.25) is 0 Å². The Balaban J connectivity index is 1.65. The molecule has 1 aromatic carbocycles. The van der Waals surface area contributed by atoms with Crippen LogP contribution in [0.3, 0.4) is 0 Å². The topological polar surface area (TPSA) is 40.6 Å². The van der Waals surface area contributed by atoms with E-state index in [1.54, 1.807) is 0 Å². The van der Waals surface area contributed by atoms with Gasteiger partial charge in [-0.1, -0.05) is 18.2 Å². The number of anilines is 1. The molecular formula is C17H22N2O2. The molecule has 0 aliphatic carbocycles. The smallest absolute Gasteiger partial charge is 0.241 e. The maximum atomic E-state index is 12.7. The second-order valence-corrected chi connectivity index (χ2v) is 6.20. The van der Waals surface area contributed by atoms with Gasteiger partial charge >= 0.3 is 0 Å². The third-order valence-corrected chi connectivity index (χ3v) is 4.66. The maximum absolute atomic E-state index is 12.7. The maximum Gasteiger partial charge on any atom is 0.241 e. The molecule has 1 fully saturated rings. The van der Waals surface area contributed by atoms with Crippen molar-refractivity contribution < 1.29 is 9.59 Å². The summed E-state index contributed by atoms with van der Waals surface area (Å²) in [5, 5.41) is 0. The van der Waals surface area contributed by atoms with E-state index in [1.165, 1.54) is 5.56 Å². The third-order valence-electron chi connectivity index (χ3n) is 4.66. The molecule has 1 atom stereocenters. The first kappa shape index (κ1) is 14.3. The highest BCUT2D eigenvalue weighted by Gasteiger charge is 2.31. The van der Waals surface area contributed by atoms with Crippen molar-refractivity contribution in [2.45, 2.75) is 32.2 Å². The summed E-state index contributed by atoms with van der Waals surface area (Å²) in [6, 6.07) is 8.41. The average molecular weight is 286 g/mol. The van der Waals surface area contributed by atoms with Gasteiger partial charge in [0.15, 0.2) is 0 Å². The van der Waals surface area contributed by atoms with Crippen molar-refractivity contribution in [3.63, 3.8) is 0 Å². The Morgan fingerprint density at radius 3 is 2.71 bits per heavy atom. The van der Waals surface area contributed by atoms with Gasteiger partial charge in [-0.2, -0.15) is 0 Å². The second-order valence-electron chi connectivity index (χ2n) is 6.20. The fourth-order valence-corrected chi connectivity index (χ4v) is 3.46. The van der Waals surface area contributed by atoms with Crippen LogP contribution in [0.4, 0.5) is 5.69 Å². The van der Waals surface area contributed by atoms with Crippen LogP contribution in [-0.2, 0) is 16.0 Å². The van der Waals surface area contributed by atoms with Gasteiger partial charge in [-0.05, 0) is 50.9 Å². The van der Waals surface area contributed by atoms with Gasteiger partial charge in [0.25, 0.3) is 0 Å². The summed E-state index contributed by atoms with van der Waals surface area (Å²) in [6.07, 6.45) is 3.75. The molecule has 21 heavy (non-hydrogen) atoms. The van der Waals surface area contributed by atoms with Gasteiger partial charge < -0.3 is 9.69 Å². The number of para-hydroxylation sites is 1. The number of likely N-dealkylation sites (tertiary alicyclic amines) is 1. The van der Waals surface area contributed by atoms with Crippen molar-refractivity contribution in [2.24, 2.45) is 5.92 Å². The van der Waals surface area contributed by atoms with Gasteiger partial charge in [-0.25, -0.2) is 0 Å². The van der Waals surface area contributed by atoms with E-state index < -0.39 is 0 Å². The Kier molecular flexibility index (Phi) is 4.06. The summed E-state index contributed by atoms with van der Waals surface area (Å²) in [7, 11) is 0. The average Bonchev–Trinajstić information content (AvgIpc) is 2.83. The Bertz CT molecular complexity index is 535. The zero-order valence-corrected chi connectivity index (χ0v) is 12.5. The highest BCUT2D eigenvalue weighted by Crippen LogP contribution is 2.32.